The molecule has 1 rings (SSSR count). The minimum atomic E-state index is -0.437. The van der Waals surface area contributed by atoms with Crippen LogP contribution in [0, 0.1) is 0 Å². The molecule has 1 aromatic rings. The van der Waals surface area contributed by atoms with Crippen LogP contribution in [0.4, 0.5) is 0 Å². The van der Waals surface area contributed by atoms with Crippen LogP contribution in [0.15, 0.2) is 24.5 Å². The molecule has 0 unspecified atom stereocenters. The van der Waals surface area contributed by atoms with Gasteiger partial charge in [0, 0.05) is 12.1 Å². The van der Waals surface area contributed by atoms with E-state index in [1.165, 1.54) is 0 Å². The quantitative estimate of drug-likeness (QED) is 0.549. The third kappa shape index (κ3) is 3.70. The molecule has 0 spiro atoms. The molecule has 1 aromatic heterocycles. The van der Waals surface area contributed by atoms with E-state index in [1.54, 1.807) is 12.1 Å². The Morgan fingerprint density at radius 1 is 1.33 bits per heavy atom. The van der Waals surface area contributed by atoms with Gasteiger partial charge in [-0.1, -0.05) is 0 Å². The molecule has 0 amide bonds. The lowest BCUT2D eigenvalue weighted by Gasteiger charge is -2.19. The smallest absolute Gasteiger partial charge is 0.339 e. The SMILES string of the molecule is CC[n+]1ccc(C(=O)OC(C)(C)C)cc1. The van der Waals surface area contributed by atoms with Gasteiger partial charge in [0.2, 0.25) is 0 Å². The van der Waals surface area contributed by atoms with Crippen molar-refractivity contribution in [3.05, 3.63) is 30.1 Å². The maximum Gasteiger partial charge on any atom is 0.339 e. The summed E-state index contributed by atoms with van der Waals surface area (Å²) in [6.07, 6.45) is 3.75. The van der Waals surface area contributed by atoms with Crippen LogP contribution in [0.25, 0.3) is 0 Å². The number of nitrogens with zero attached hydrogens (tertiary/aromatic N) is 1. The molecule has 0 saturated heterocycles. The average Bonchev–Trinajstić information content (AvgIpc) is 2.15. The van der Waals surface area contributed by atoms with Gasteiger partial charge in [0.25, 0.3) is 0 Å². The topological polar surface area (TPSA) is 30.2 Å². The van der Waals surface area contributed by atoms with E-state index >= 15 is 0 Å². The van der Waals surface area contributed by atoms with E-state index in [0.29, 0.717) is 5.56 Å². The van der Waals surface area contributed by atoms with Gasteiger partial charge >= 0.3 is 5.97 Å². The molecule has 0 aliphatic heterocycles. The van der Waals surface area contributed by atoms with Gasteiger partial charge in [-0.2, -0.15) is 0 Å². The first kappa shape index (κ1) is 11.7. The van der Waals surface area contributed by atoms with Gasteiger partial charge in [0.1, 0.15) is 12.1 Å². The van der Waals surface area contributed by atoms with Gasteiger partial charge < -0.3 is 4.74 Å². The summed E-state index contributed by atoms with van der Waals surface area (Å²) in [5.41, 5.74) is 0.155. The molecule has 0 aliphatic rings. The van der Waals surface area contributed by atoms with Crippen molar-refractivity contribution in [3.63, 3.8) is 0 Å². The zero-order valence-corrected chi connectivity index (χ0v) is 9.78. The number of aromatic nitrogens is 1. The second-order valence-electron chi connectivity index (χ2n) is 4.42. The maximum absolute atomic E-state index is 11.6. The van der Waals surface area contributed by atoms with E-state index in [2.05, 4.69) is 0 Å². The summed E-state index contributed by atoms with van der Waals surface area (Å²) >= 11 is 0. The van der Waals surface area contributed by atoms with Crippen LogP contribution in [0.5, 0.6) is 0 Å². The minimum Gasteiger partial charge on any atom is -0.456 e. The van der Waals surface area contributed by atoms with Gasteiger partial charge in [0.15, 0.2) is 12.4 Å². The van der Waals surface area contributed by atoms with Crippen LogP contribution in [-0.4, -0.2) is 11.6 Å². The first-order valence-corrected chi connectivity index (χ1v) is 5.15. The number of ether oxygens (including phenoxy) is 1. The Bertz CT molecular complexity index is 336. The van der Waals surface area contributed by atoms with Crippen molar-refractivity contribution in [2.75, 3.05) is 0 Å². The van der Waals surface area contributed by atoms with Crippen molar-refractivity contribution in [2.45, 2.75) is 39.8 Å². The van der Waals surface area contributed by atoms with Crippen LogP contribution < -0.4 is 4.57 Å². The largest absolute Gasteiger partial charge is 0.456 e. The van der Waals surface area contributed by atoms with Gasteiger partial charge in [-0.3, -0.25) is 0 Å². The van der Waals surface area contributed by atoms with Crippen LogP contribution in [0.2, 0.25) is 0 Å². The molecule has 0 N–H and O–H groups in total. The van der Waals surface area contributed by atoms with Crippen LogP contribution in [-0.2, 0) is 11.3 Å². The lowest BCUT2D eigenvalue weighted by atomic mass is 10.2. The van der Waals surface area contributed by atoms with E-state index in [1.807, 2.05) is 44.7 Å². The number of carbonyl (C=O) groups excluding carboxylic acids is 1. The molecule has 0 atom stereocenters. The number of carbonyl (C=O) groups is 1. The summed E-state index contributed by atoms with van der Waals surface area (Å²) in [5, 5.41) is 0. The molecular weight excluding hydrogens is 190 g/mol. The fourth-order valence-corrected chi connectivity index (χ4v) is 1.14. The summed E-state index contributed by atoms with van der Waals surface area (Å²) in [7, 11) is 0. The van der Waals surface area contributed by atoms with E-state index in [9.17, 15) is 4.79 Å². The van der Waals surface area contributed by atoms with Gasteiger partial charge in [-0.15, -0.1) is 0 Å². The highest BCUT2D eigenvalue weighted by atomic mass is 16.6. The summed E-state index contributed by atoms with van der Waals surface area (Å²) in [6.45, 7) is 8.53. The molecule has 0 radical (unpaired) electrons. The third-order valence-corrected chi connectivity index (χ3v) is 1.89. The minimum absolute atomic E-state index is 0.272. The number of rotatable bonds is 2. The highest BCUT2D eigenvalue weighted by Crippen LogP contribution is 2.10. The van der Waals surface area contributed by atoms with Crippen molar-refractivity contribution < 1.29 is 14.1 Å². The van der Waals surface area contributed by atoms with Crippen molar-refractivity contribution in [3.8, 4) is 0 Å². The van der Waals surface area contributed by atoms with Crippen molar-refractivity contribution in [1.29, 1.82) is 0 Å². The first-order valence-electron chi connectivity index (χ1n) is 5.15. The maximum atomic E-state index is 11.6. The third-order valence-electron chi connectivity index (χ3n) is 1.89. The predicted molar refractivity (Wildman–Crippen MR) is 57.5 cm³/mol. The standard InChI is InChI=1S/C12H18NO2/c1-5-13-8-6-10(7-9-13)11(14)15-12(2,3)4/h6-9H,5H2,1-4H3/q+1. The van der Waals surface area contributed by atoms with Gasteiger partial charge in [0.05, 0.1) is 5.56 Å². The second-order valence-corrected chi connectivity index (χ2v) is 4.42. The zero-order chi connectivity index (χ0) is 11.5. The number of hydrogen-bond acceptors (Lipinski definition) is 2. The fraction of sp³-hybridized carbons (Fsp3) is 0.500. The fourth-order valence-electron chi connectivity index (χ4n) is 1.14. The van der Waals surface area contributed by atoms with Crippen LogP contribution in [0.1, 0.15) is 38.1 Å². The predicted octanol–water partition coefficient (Wildman–Crippen LogP) is 1.95. The highest BCUT2D eigenvalue weighted by molar-refractivity contribution is 5.89. The van der Waals surface area contributed by atoms with E-state index in [-0.39, 0.29) is 5.97 Å². The number of pyridine rings is 1. The first-order chi connectivity index (χ1) is 6.92. The Labute approximate surface area is 90.7 Å². The molecule has 0 saturated carbocycles. The Hall–Kier alpha value is -1.38. The molecule has 3 nitrogen and oxygen atoms in total. The van der Waals surface area contributed by atoms with Crippen LogP contribution in [0.3, 0.4) is 0 Å². The van der Waals surface area contributed by atoms with Crippen LogP contribution >= 0.6 is 0 Å². The normalized spacial score (nSPS) is 11.2. The monoisotopic (exact) mass is 208 g/mol. The number of aryl methyl sites for hydroxylation is 1. The molecule has 15 heavy (non-hydrogen) atoms. The second kappa shape index (κ2) is 4.43. The summed E-state index contributed by atoms with van der Waals surface area (Å²) in [6, 6.07) is 3.55. The summed E-state index contributed by atoms with van der Waals surface area (Å²) < 4.78 is 7.24. The molecular formula is C12H18NO2+. The molecule has 82 valence electrons. The molecule has 0 aromatic carbocycles. The van der Waals surface area contributed by atoms with Crippen molar-refractivity contribution >= 4 is 5.97 Å². The Morgan fingerprint density at radius 3 is 2.27 bits per heavy atom. The zero-order valence-electron chi connectivity index (χ0n) is 9.78. The molecule has 0 aliphatic carbocycles. The van der Waals surface area contributed by atoms with Crippen molar-refractivity contribution in [1.82, 2.24) is 0 Å². The summed E-state index contributed by atoms with van der Waals surface area (Å²) in [4.78, 5) is 11.6. The van der Waals surface area contributed by atoms with Crippen molar-refractivity contribution in [2.24, 2.45) is 0 Å². The Morgan fingerprint density at radius 2 is 1.87 bits per heavy atom. The lowest BCUT2D eigenvalue weighted by Crippen LogP contribution is -2.31. The summed E-state index contributed by atoms with van der Waals surface area (Å²) in [5.74, 6) is -0.272. The highest BCUT2D eigenvalue weighted by Gasteiger charge is 2.18. The van der Waals surface area contributed by atoms with Gasteiger partial charge in [-0.25, -0.2) is 9.36 Å². The molecule has 1 heterocycles. The molecule has 0 bridgehead atoms. The lowest BCUT2D eigenvalue weighted by molar-refractivity contribution is -0.693. The Balaban J connectivity index is 2.75. The molecule has 0 fully saturated rings. The average molecular weight is 208 g/mol. The molecule has 3 heteroatoms. The Kier molecular flexibility index (Phi) is 3.45. The van der Waals surface area contributed by atoms with Gasteiger partial charge in [-0.05, 0) is 27.7 Å². The number of esters is 1. The number of hydrogen-bond donors (Lipinski definition) is 0. The van der Waals surface area contributed by atoms with E-state index in [4.69, 9.17) is 4.74 Å². The van der Waals surface area contributed by atoms with E-state index in [0.717, 1.165) is 6.54 Å². The van der Waals surface area contributed by atoms with E-state index < -0.39 is 5.60 Å².